The first kappa shape index (κ1) is 30.5. The van der Waals surface area contributed by atoms with Gasteiger partial charge in [-0.1, -0.05) is 0 Å². The van der Waals surface area contributed by atoms with Gasteiger partial charge in [0.1, 0.15) is 0 Å². The third-order valence-electron chi connectivity index (χ3n) is 2.79. The first-order chi connectivity index (χ1) is 13.5. The average Bonchev–Trinajstić information content (AvgIpc) is 2.50. The first-order valence-electron chi connectivity index (χ1n) is 6.27. The molecule has 0 saturated carbocycles. The Bertz CT molecular complexity index is 664. The predicted molar refractivity (Wildman–Crippen MR) is 50.0 cm³/mol. The van der Waals surface area contributed by atoms with Gasteiger partial charge in [0.2, 0.25) is 0 Å². The van der Waals surface area contributed by atoms with Crippen molar-refractivity contribution in [2.75, 3.05) is 0 Å². The van der Waals surface area contributed by atoms with Crippen LogP contribution in [0, 0.1) is 0 Å². The molecule has 0 spiro atoms. The van der Waals surface area contributed by atoms with Crippen LogP contribution in [-0.4, -0.2) is 54.5 Å². The fourth-order valence-electron chi connectivity index (χ4n) is 1.13. The summed E-state index contributed by atoms with van der Waals surface area (Å²) in [5.41, 5.74) is 0. The summed E-state index contributed by atoms with van der Waals surface area (Å²) in [7, 11) is 0. The standard InChI is InChI=1S/C9F20O3/c10-1(11,4(16,17)18)5(19,20)30-6(21,22)2(12,13)7(23,24)31-8(25,26)3(14,15)9(27,28)32-29. The van der Waals surface area contributed by atoms with Gasteiger partial charge in [0.25, 0.3) is 0 Å². The minimum atomic E-state index is -8.30. The first-order valence-corrected chi connectivity index (χ1v) is 6.27. The summed E-state index contributed by atoms with van der Waals surface area (Å²) < 4.78 is 251. The Balaban J connectivity index is 6.21. The molecule has 0 aromatic rings. The van der Waals surface area contributed by atoms with Gasteiger partial charge in [-0.05, 0) is 4.53 Å². The molecule has 194 valence electrons. The highest BCUT2D eigenvalue weighted by molar-refractivity contribution is 4.94. The van der Waals surface area contributed by atoms with Crippen LogP contribution < -0.4 is 0 Å². The van der Waals surface area contributed by atoms with E-state index in [1.54, 1.807) is 0 Å². The predicted octanol–water partition coefficient (Wildman–Crippen LogP) is 6.35. The SMILES string of the molecule is FOC(F)(F)C(F)(F)C(F)(F)OC(F)(F)C(F)(F)C(F)(F)OC(F)(F)C(F)(F)C(F)(F)F. The summed E-state index contributed by atoms with van der Waals surface area (Å²) in [4.78, 5) is 0.954. The highest BCUT2D eigenvalue weighted by Gasteiger charge is 2.85. The number of hydrogen-bond acceptors (Lipinski definition) is 3. The van der Waals surface area contributed by atoms with Crippen LogP contribution >= 0.6 is 0 Å². The number of ether oxygens (including phenoxy) is 2. The lowest BCUT2D eigenvalue weighted by molar-refractivity contribution is -0.557. The van der Waals surface area contributed by atoms with Crippen LogP contribution in [0.25, 0.3) is 0 Å². The molecule has 0 aromatic heterocycles. The van der Waals surface area contributed by atoms with Crippen LogP contribution in [0.15, 0.2) is 0 Å². The fraction of sp³-hybridized carbons (Fsp3) is 1.00. The van der Waals surface area contributed by atoms with Gasteiger partial charge in [-0.15, -0.1) is 4.94 Å². The lowest BCUT2D eigenvalue weighted by Gasteiger charge is -2.37. The molecule has 0 aliphatic rings. The van der Waals surface area contributed by atoms with Gasteiger partial charge in [-0.2, -0.15) is 83.4 Å². The van der Waals surface area contributed by atoms with E-state index in [2.05, 4.69) is 0 Å². The van der Waals surface area contributed by atoms with E-state index in [1.807, 2.05) is 0 Å². The smallest absolute Gasteiger partial charge is 0.245 e. The summed E-state index contributed by atoms with van der Waals surface area (Å²) in [6.45, 7) is 0. The number of halogens is 20. The van der Waals surface area contributed by atoms with Gasteiger partial charge >= 0.3 is 54.5 Å². The van der Waals surface area contributed by atoms with E-state index in [9.17, 15) is 87.9 Å². The van der Waals surface area contributed by atoms with Crippen molar-refractivity contribution >= 4 is 0 Å². The monoisotopic (exact) mass is 536 g/mol. The van der Waals surface area contributed by atoms with Crippen LogP contribution in [0.5, 0.6) is 0 Å². The molecule has 32 heavy (non-hydrogen) atoms. The van der Waals surface area contributed by atoms with Crippen molar-refractivity contribution in [2.45, 2.75) is 54.5 Å². The second kappa shape index (κ2) is 7.77. The summed E-state index contributed by atoms with van der Waals surface area (Å²) in [6, 6.07) is 0. The molecule has 0 aliphatic heterocycles. The van der Waals surface area contributed by atoms with Crippen molar-refractivity contribution in [3.63, 3.8) is 0 Å². The average molecular weight is 536 g/mol. The molecule has 23 heteroatoms. The zero-order chi connectivity index (χ0) is 26.6. The third-order valence-corrected chi connectivity index (χ3v) is 2.79. The van der Waals surface area contributed by atoms with E-state index in [0.29, 0.717) is 0 Å². The summed E-state index contributed by atoms with van der Waals surface area (Å²) >= 11 is 0. The largest absolute Gasteiger partial charge is 0.462 e. The Kier molecular flexibility index (Phi) is 7.40. The van der Waals surface area contributed by atoms with Crippen LogP contribution in [0.3, 0.4) is 0 Å². The Morgan fingerprint density at radius 2 is 0.531 bits per heavy atom. The highest BCUT2D eigenvalue weighted by atomic mass is 19.4. The molecular formula is C9F20O3. The maximum Gasteiger partial charge on any atom is 0.462 e. The number of hydrogen-bond donors (Lipinski definition) is 0. The third kappa shape index (κ3) is 4.72. The van der Waals surface area contributed by atoms with E-state index in [0.717, 1.165) is 14.4 Å². The second-order valence-corrected chi connectivity index (χ2v) is 5.09. The van der Waals surface area contributed by atoms with Gasteiger partial charge in [0.15, 0.2) is 0 Å². The van der Waals surface area contributed by atoms with Crippen molar-refractivity contribution in [1.29, 1.82) is 0 Å². The summed E-state index contributed by atoms with van der Waals surface area (Å²) in [6.07, 6.45) is -46.7. The van der Waals surface area contributed by atoms with Crippen LogP contribution in [0.4, 0.5) is 87.9 Å². The molecule has 0 fully saturated rings. The molecular weight excluding hydrogens is 536 g/mol. The Hall–Kier alpha value is -1.52. The minimum absolute atomic E-state index is 0.954. The van der Waals surface area contributed by atoms with Gasteiger partial charge in [-0.3, -0.25) is 0 Å². The molecule has 0 amide bonds. The number of alkyl halides is 19. The molecule has 0 rings (SSSR count). The van der Waals surface area contributed by atoms with Gasteiger partial charge < -0.3 is 0 Å². The maximum atomic E-state index is 13.0. The van der Waals surface area contributed by atoms with Gasteiger partial charge in [0, 0.05) is 0 Å². The molecule has 0 unspecified atom stereocenters. The van der Waals surface area contributed by atoms with Crippen LogP contribution in [0.1, 0.15) is 0 Å². The zero-order valence-electron chi connectivity index (χ0n) is 13.3. The normalized spacial score (nSPS) is 16.5. The van der Waals surface area contributed by atoms with Crippen molar-refractivity contribution in [3.05, 3.63) is 0 Å². The van der Waals surface area contributed by atoms with Crippen molar-refractivity contribution in [2.24, 2.45) is 0 Å². The quantitative estimate of drug-likeness (QED) is 0.305. The van der Waals surface area contributed by atoms with E-state index in [1.165, 1.54) is 0 Å². The lowest BCUT2D eigenvalue weighted by Crippen LogP contribution is -2.65. The molecule has 0 saturated heterocycles. The van der Waals surface area contributed by atoms with Crippen molar-refractivity contribution in [1.82, 2.24) is 0 Å². The van der Waals surface area contributed by atoms with Crippen LogP contribution in [-0.2, 0) is 14.4 Å². The Morgan fingerprint density at radius 3 is 0.750 bits per heavy atom. The summed E-state index contributed by atoms with van der Waals surface area (Å²) in [5, 5.41) is 0. The fourth-order valence-corrected chi connectivity index (χ4v) is 1.13. The Labute approximate surface area is 158 Å². The van der Waals surface area contributed by atoms with Crippen molar-refractivity contribution in [3.8, 4) is 0 Å². The highest BCUT2D eigenvalue weighted by Crippen LogP contribution is 2.56. The minimum Gasteiger partial charge on any atom is -0.245 e. The van der Waals surface area contributed by atoms with Crippen molar-refractivity contribution < 1.29 is 102 Å². The Morgan fingerprint density at radius 1 is 0.312 bits per heavy atom. The van der Waals surface area contributed by atoms with E-state index >= 15 is 0 Å². The van der Waals surface area contributed by atoms with Gasteiger partial charge in [-0.25, -0.2) is 9.47 Å². The molecule has 0 N–H and O–H groups in total. The maximum absolute atomic E-state index is 13.0. The van der Waals surface area contributed by atoms with E-state index < -0.39 is 54.5 Å². The molecule has 0 heterocycles. The molecule has 0 atom stereocenters. The van der Waals surface area contributed by atoms with Gasteiger partial charge in [0.05, 0.1) is 0 Å². The molecule has 0 bridgehead atoms. The van der Waals surface area contributed by atoms with Crippen LogP contribution in [0.2, 0.25) is 0 Å². The molecule has 0 aliphatic carbocycles. The summed E-state index contributed by atoms with van der Waals surface area (Å²) in [5.74, 6) is -23.9. The zero-order valence-corrected chi connectivity index (χ0v) is 13.3. The molecule has 0 radical (unpaired) electrons. The van der Waals surface area contributed by atoms with E-state index in [4.69, 9.17) is 0 Å². The topological polar surface area (TPSA) is 27.7 Å². The number of rotatable bonds is 10. The van der Waals surface area contributed by atoms with E-state index in [-0.39, 0.29) is 0 Å². The second-order valence-electron chi connectivity index (χ2n) is 5.09. The molecule has 3 nitrogen and oxygen atoms in total. The lowest BCUT2D eigenvalue weighted by atomic mass is 10.2. The molecule has 0 aromatic carbocycles.